The summed E-state index contributed by atoms with van der Waals surface area (Å²) >= 11 is 2.24. The average Bonchev–Trinajstić information content (AvgIpc) is 2.42. The Bertz CT molecular complexity index is 381. The van der Waals surface area contributed by atoms with Crippen LogP contribution < -0.4 is 5.32 Å². The maximum atomic E-state index is 13.2. The highest BCUT2D eigenvalue weighted by Crippen LogP contribution is 2.25. The molecule has 0 heterocycles. The summed E-state index contributed by atoms with van der Waals surface area (Å²) in [7, 11) is 0. The molecule has 1 nitrogen and oxygen atoms in total. The summed E-state index contributed by atoms with van der Waals surface area (Å²) in [6, 6.07) is 5.49. The first kappa shape index (κ1) is 17.9. The molecule has 0 aliphatic rings. The van der Waals surface area contributed by atoms with Gasteiger partial charge in [0, 0.05) is 9.61 Å². The monoisotopic (exact) mass is 391 g/mol. The number of unbranched alkanes of at least 4 members (excludes halogenated alkanes) is 5. The van der Waals surface area contributed by atoms with Crippen LogP contribution in [0.15, 0.2) is 18.2 Å². The summed E-state index contributed by atoms with van der Waals surface area (Å²) in [5.41, 5.74) is 1.24. The molecule has 0 bridgehead atoms. The SMILES string of the molecule is CCCCCCCCC(NCC)c1ccc(F)cc1I. The second-order valence-electron chi connectivity index (χ2n) is 5.33. The van der Waals surface area contributed by atoms with Crippen molar-refractivity contribution < 1.29 is 4.39 Å². The molecule has 0 fully saturated rings. The van der Waals surface area contributed by atoms with Gasteiger partial charge in [-0.15, -0.1) is 0 Å². The Morgan fingerprint density at radius 1 is 1.10 bits per heavy atom. The molecule has 0 saturated heterocycles. The van der Waals surface area contributed by atoms with E-state index in [2.05, 4.69) is 41.8 Å². The summed E-state index contributed by atoms with van der Waals surface area (Å²) in [5.74, 6) is -0.145. The Hall–Kier alpha value is -0.160. The largest absolute Gasteiger partial charge is 0.310 e. The van der Waals surface area contributed by atoms with Gasteiger partial charge in [0.2, 0.25) is 0 Å². The zero-order chi connectivity index (χ0) is 14.8. The first-order valence-electron chi connectivity index (χ1n) is 7.87. The van der Waals surface area contributed by atoms with Gasteiger partial charge in [-0.1, -0.05) is 58.4 Å². The molecule has 114 valence electrons. The zero-order valence-electron chi connectivity index (χ0n) is 12.7. The van der Waals surface area contributed by atoms with Gasteiger partial charge in [-0.3, -0.25) is 0 Å². The van der Waals surface area contributed by atoms with E-state index in [0.29, 0.717) is 6.04 Å². The van der Waals surface area contributed by atoms with Crippen LogP contribution >= 0.6 is 22.6 Å². The van der Waals surface area contributed by atoms with Crippen LogP contribution in [0.5, 0.6) is 0 Å². The Morgan fingerprint density at radius 3 is 2.45 bits per heavy atom. The molecule has 3 heteroatoms. The molecule has 0 aliphatic heterocycles. The highest BCUT2D eigenvalue weighted by Gasteiger charge is 2.13. The maximum absolute atomic E-state index is 13.2. The highest BCUT2D eigenvalue weighted by molar-refractivity contribution is 14.1. The van der Waals surface area contributed by atoms with Crippen LogP contribution in [0.4, 0.5) is 4.39 Å². The minimum absolute atomic E-state index is 0.145. The Kier molecular flexibility index (Phi) is 9.44. The van der Waals surface area contributed by atoms with Crippen molar-refractivity contribution in [2.75, 3.05) is 6.54 Å². The quantitative estimate of drug-likeness (QED) is 0.391. The number of rotatable bonds is 10. The zero-order valence-corrected chi connectivity index (χ0v) is 14.9. The van der Waals surface area contributed by atoms with Crippen molar-refractivity contribution in [3.8, 4) is 0 Å². The molecule has 0 saturated carbocycles. The summed E-state index contributed by atoms with van der Waals surface area (Å²) in [6.45, 7) is 5.33. The molecule has 0 amide bonds. The predicted octanol–water partition coefficient (Wildman–Crippen LogP) is 5.83. The van der Waals surface area contributed by atoms with Crippen molar-refractivity contribution >= 4 is 22.6 Å². The molecular formula is C17H27FIN. The lowest BCUT2D eigenvalue weighted by atomic mass is 9.99. The predicted molar refractivity (Wildman–Crippen MR) is 93.5 cm³/mol. The molecule has 0 spiro atoms. The number of nitrogens with one attached hydrogen (secondary N) is 1. The van der Waals surface area contributed by atoms with Gasteiger partial charge in [0.25, 0.3) is 0 Å². The van der Waals surface area contributed by atoms with Gasteiger partial charge in [0.15, 0.2) is 0 Å². The van der Waals surface area contributed by atoms with E-state index in [9.17, 15) is 4.39 Å². The van der Waals surface area contributed by atoms with E-state index in [-0.39, 0.29) is 5.82 Å². The molecule has 0 aliphatic carbocycles. The van der Waals surface area contributed by atoms with Crippen LogP contribution in [0, 0.1) is 9.39 Å². The third-order valence-electron chi connectivity index (χ3n) is 3.63. The molecule has 1 aromatic carbocycles. The number of hydrogen-bond donors (Lipinski definition) is 1. The molecule has 0 radical (unpaired) electrons. The number of hydrogen-bond acceptors (Lipinski definition) is 1. The summed E-state index contributed by atoms with van der Waals surface area (Å²) in [4.78, 5) is 0. The smallest absolute Gasteiger partial charge is 0.124 e. The fraction of sp³-hybridized carbons (Fsp3) is 0.647. The topological polar surface area (TPSA) is 12.0 Å². The minimum atomic E-state index is -0.145. The van der Waals surface area contributed by atoms with E-state index >= 15 is 0 Å². The summed E-state index contributed by atoms with van der Waals surface area (Å²) < 4.78 is 14.2. The fourth-order valence-corrected chi connectivity index (χ4v) is 3.38. The van der Waals surface area contributed by atoms with Gasteiger partial charge in [-0.2, -0.15) is 0 Å². The van der Waals surface area contributed by atoms with E-state index in [4.69, 9.17) is 0 Å². The third kappa shape index (κ3) is 6.53. The molecule has 1 atom stereocenters. The van der Waals surface area contributed by atoms with Crippen LogP contribution in [0.2, 0.25) is 0 Å². The minimum Gasteiger partial charge on any atom is -0.310 e. The number of halogens is 2. The van der Waals surface area contributed by atoms with Crippen LogP contribution in [0.1, 0.15) is 70.4 Å². The van der Waals surface area contributed by atoms with Crippen LogP contribution in [0.3, 0.4) is 0 Å². The molecule has 20 heavy (non-hydrogen) atoms. The van der Waals surface area contributed by atoms with Crippen molar-refractivity contribution in [3.63, 3.8) is 0 Å². The molecule has 1 aromatic rings. The van der Waals surface area contributed by atoms with Crippen LogP contribution in [-0.2, 0) is 0 Å². The molecule has 1 unspecified atom stereocenters. The molecular weight excluding hydrogens is 364 g/mol. The van der Waals surface area contributed by atoms with E-state index in [1.165, 1.54) is 44.1 Å². The van der Waals surface area contributed by atoms with Gasteiger partial charge in [0.1, 0.15) is 5.82 Å². The van der Waals surface area contributed by atoms with Crippen LogP contribution in [-0.4, -0.2) is 6.54 Å². The van der Waals surface area contributed by atoms with Gasteiger partial charge >= 0.3 is 0 Å². The normalized spacial score (nSPS) is 12.6. The lowest BCUT2D eigenvalue weighted by Crippen LogP contribution is -2.21. The highest BCUT2D eigenvalue weighted by atomic mass is 127. The van der Waals surface area contributed by atoms with E-state index < -0.39 is 0 Å². The van der Waals surface area contributed by atoms with Gasteiger partial charge in [0.05, 0.1) is 0 Å². The van der Waals surface area contributed by atoms with E-state index in [1.54, 1.807) is 12.1 Å². The lowest BCUT2D eigenvalue weighted by molar-refractivity contribution is 0.474. The number of benzene rings is 1. The van der Waals surface area contributed by atoms with Crippen molar-refractivity contribution in [2.45, 2.75) is 64.8 Å². The van der Waals surface area contributed by atoms with Crippen molar-refractivity contribution in [3.05, 3.63) is 33.1 Å². The Labute approximate surface area is 136 Å². The summed E-state index contributed by atoms with van der Waals surface area (Å²) in [6.07, 6.45) is 9.04. The van der Waals surface area contributed by atoms with Crippen molar-refractivity contribution in [1.82, 2.24) is 5.32 Å². The van der Waals surface area contributed by atoms with E-state index in [0.717, 1.165) is 16.5 Å². The standard InChI is InChI=1S/C17H27FIN/c1-3-5-6-7-8-9-10-17(20-4-2)15-12-11-14(18)13-16(15)19/h11-13,17,20H,3-10H2,1-2H3. The maximum Gasteiger partial charge on any atom is 0.124 e. The average molecular weight is 391 g/mol. The van der Waals surface area contributed by atoms with Crippen LogP contribution in [0.25, 0.3) is 0 Å². The molecule has 0 aromatic heterocycles. The van der Waals surface area contributed by atoms with Crippen molar-refractivity contribution in [2.24, 2.45) is 0 Å². The first-order valence-corrected chi connectivity index (χ1v) is 8.95. The Morgan fingerprint density at radius 2 is 1.80 bits per heavy atom. The van der Waals surface area contributed by atoms with Gasteiger partial charge in [-0.05, 0) is 53.3 Å². The van der Waals surface area contributed by atoms with Crippen molar-refractivity contribution in [1.29, 1.82) is 0 Å². The van der Waals surface area contributed by atoms with E-state index in [1.807, 2.05) is 6.07 Å². The summed E-state index contributed by atoms with van der Waals surface area (Å²) in [5, 5.41) is 3.53. The second kappa shape index (κ2) is 10.6. The third-order valence-corrected chi connectivity index (χ3v) is 4.57. The first-order chi connectivity index (χ1) is 9.69. The van der Waals surface area contributed by atoms with Gasteiger partial charge < -0.3 is 5.32 Å². The second-order valence-corrected chi connectivity index (χ2v) is 6.49. The Balaban J connectivity index is 2.47. The lowest BCUT2D eigenvalue weighted by Gasteiger charge is -2.20. The molecule has 1 N–H and O–H groups in total. The fourth-order valence-electron chi connectivity index (χ4n) is 2.53. The van der Waals surface area contributed by atoms with Gasteiger partial charge in [-0.25, -0.2) is 4.39 Å². The molecule has 1 rings (SSSR count).